The number of esters is 1. The number of nitrogens with one attached hydrogen (secondary N) is 1. The summed E-state index contributed by atoms with van der Waals surface area (Å²) in [6, 6.07) is 14.8. The standard InChI is InChI=1S/C30H28Cl2F3N3O4/c1-17(18-8-6-9-21(13-18)30(33,34)35)42-28(40)26(36)27(39)38(3)24-10-5-4-7-19(24)16-41-25-15-20-14-22(31)11-12-23(20)37-29(25,2)32/h4-15,17,26,37H,16,36H2,1-3H3. The highest BCUT2D eigenvalue weighted by molar-refractivity contribution is 6.31. The highest BCUT2D eigenvalue weighted by atomic mass is 35.5. The van der Waals surface area contributed by atoms with Gasteiger partial charge < -0.3 is 25.4 Å². The average molecular weight is 622 g/mol. The summed E-state index contributed by atoms with van der Waals surface area (Å²) in [7, 11) is 1.44. The van der Waals surface area contributed by atoms with Crippen LogP contribution in [0.1, 0.15) is 42.2 Å². The molecular formula is C30H28Cl2F3N3O4. The molecule has 1 heterocycles. The number of benzene rings is 3. The fourth-order valence-electron chi connectivity index (χ4n) is 4.36. The van der Waals surface area contributed by atoms with E-state index >= 15 is 0 Å². The molecule has 3 aromatic rings. The largest absolute Gasteiger partial charge is 0.489 e. The lowest BCUT2D eigenvalue weighted by molar-refractivity contribution is -0.152. The van der Waals surface area contributed by atoms with Gasteiger partial charge in [-0.15, -0.1) is 0 Å². The second-order valence-corrected chi connectivity index (χ2v) is 11.1. The van der Waals surface area contributed by atoms with E-state index in [2.05, 4.69) is 5.32 Å². The van der Waals surface area contributed by atoms with Crippen LogP contribution in [0.15, 0.2) is 72.5 Å². The second-order valence-electron chi connectivity index (χ2n) is 9.86. The van der Waals surface area contributed by atoms with Crippen LogP contribution < -0.4 is 16.0 Å². The number of para-hydroxylation sites is 1. The summed E-state index contributed by atoms with van der Waals surface area (Å²) in [5, 5.41) is 3.75. The Bertz CT molecular complexity index is 1530. The van der Waals surface area contributed by atoms with Gasteiger partial charge >= 0.3 is 12.1 Å². The summed E-state index contributed by atoms with van der Waals surface area (Å²) >= 11 is 12.8. The average Bonchev–Trinajstić information content (AvgIpc) is 2.94. The quantitative estimate of drug-likeness (QED) is 0.123. The Balaban J connectivity index is 1.46. The van der Waals surface area contributed by atoms with Gasteiger partial charge in [0.15, 0.2) is 11.0 Å². The summed E-state index contributed by atoms with van der Waals surface area (Å²) in [4.78, 5) is 26.0. The number of hydrogen-bond acceptors (Lipinski definition) is 6. The summed E-state index contributed by atoms with van der Waals surface area (Å²) in [5.74, 6) is -1.45. The molecule has 1 aliphatic heterocycles. The Hall–Kier alpha value is -3.73. The van der Waals surface area contributed by atoms with Crippen LogP contribution in [0.4, 0.5) is 24.5 Å². The van der Waals surface area contributed by atoms with Gasteiger partial charge in [0.05, 0.1) is 5.56 Å². The predicted molar refractivity (Wildman–Crippen MR) is 156 cm³/mol. The Morgan fingerprint density at radius 1 is 1.10 bits per heavy atom. The Labute approximate surface area is 251 Å². The van der Waals surface area contributed by atoms with Gasteiger partial charge in [-0.05, 0) is 61.9 Å². The van der Waals surface area contributed by atoms with E-state index in [9.17, 15) is 22.8 Å². The number of hydrogen-bond donors (Lipinski definition) is 2. The number of rotatable bonds is 8. The molecule has 42 heavy (non-hydrogen) atoms. The highest BCUT2D eigenvalue weighted by Gasteiger charge is 2.34. The van der Waals surface area contributed by atoms with Gasteiger partial charge in [0.1, 0.15) is 18.5 Å². The number of ether oxygens (including phenoxy) is 2. The fraction of sp³-hybridized carbons (Fsp3) is 0.267. The van der Waals surface area contributed by atoms with E-state index in [1.807, 2.05) is 6.07 Å². The number of amides is 1. The molecule has 0 aromatic heterocycles. The lowest BCUT2D eigenvalue weighted by atomic mass is 10.0. The zero-order valence-corrected chi connectivity index (χ0v) is 24.3. The third-order valence-electron chi connectivity index (χ3n) is 6.70. The van der Waals surface area contributed by atoms with Crippen LogP contribution in [-0.2, 0) is 31.8 Å². The molecule has 7 nitrogen and oxygen atoms in total. The lowest BCUT2D eigenvalue weighted by Gasteiger charge is -2.33. The molecule has 1 amide bonds. The number of likely N-dealkylation sites (N-methyl/N-ethyl adjacent to an activating group) is 1. The van der Waals surface area contributed by atoms with E-state index < -0.39 is 40.8 Å². The van der Waals surface area contributed by atoms with Crippen LogP contribution >= 0.6 is 23.2 Å². The minimum Gasteiger partial charge on any atom is -0.489 e. The normalized spacial score (nSPS) is 17.7. The zero-order chi connectivity index (χ0) is 30.8. The third-order valence-corrected chi connectivity index (χ3v) is 7.21. The highest BCUT2D eigenvalue weighted by Crippen LogP contribution is 2.38. The molecule has 4 rings (SSSR count). The van der Waals surface area contributed by atoms with Crippen molar-refractivity contribution in [1.29, 1.82) is 0 Å². The maximum atomic E-state index is 13.2. The molecule has 0 saturated heterocycles. The molecule has 0 bridgehead atoms. The van der Waals surface area contributed by atoms with Crippen LogP contribution in [0.25, 0.3) is 6.08 Å². The van der Waals surface area contributed by atoms with Gasteiger partial charge in [0, 0.05) is 34.6 Å². The minimum absolute atomic E-state index is 0.0196. The molecule has 3 aromatic carbocycles. The summed E-state index contributed by atoms with van der Waals surface area (Å²) in [6.45, 7) is 3.16. The van der Waals surface area contributed by atoms with Crippen LogP contribution in [0.3, 0.4) is 0 Å². The fourth-order valence-corrected chi connectivity index (χ4v) is 4.75. The first kappa shape index (κ1) is 31.2. The molecule has 12 heteroatoms. The SMILES string of the molecule is CC(OC(=O)C(N)C(=O)N(C)c1ccccc1COC1=Cc2cc(Cl)ccc2NC1(C)Cl)c1cccc(C(F)(F)F)c1. The van der Waals surface area contributed by atoms with Crippen LogP contribution in [0.5, 0.6) is 0 Å². The van der Waals surface area contributed by atoms with Gasteiger partial charge in [0.2, 0.25) is 0 Å². The van der Waals surface area contributed by atoms with Crippen molar-refractivity contribution >= 4 is 52.5 Å². The van der Waals surface area contributed by atoms with Gasteiger partial charge in [-0.25, -0.2) is 4.79 Å². The smallest absolute Gasteiger partial charge is 0.416 e. The van der Waals surface area contributed by atoms with Crippen molar-refractivity contribution in [3.05, 3.63) is 99.8 Å². The van der Waals surface area contributed by atoms with Gasteiger partial charge in [-0.1, -0.05) is 53.5 Å². The van der Waals surface area contributed by atoms with E-state index in [0.717, 1.165) is 23.4 Å². The molecule has 0 spiro atoms. The number of carbonyl (C=O) groups excluding carboxylic acids is 2. The lowest BCUT2D eigenvalue weighted by Crippen LogP contribution is -2.48. The number of nitrogens with zero attached hydrogens (tertiary/aromatic N) is 1. The number of alkyl halides is 4. The molecule has 1 aliphatic rings. The van der Waals surface area contributed by atoms with Gasteiger partial charge in [-0.3, -0.25) is 4.79 Å². The number of nitrogens with two attached hydrogens (primary N) is 1. The van der Waals surface area contributed by atoms with E-state index in [-0.39, 0.29) is 12.2 Å². The molecule has 0 radical (unpaired) electrons. The van der Waals surface area contributed by atoms with Crippen molar-refractivity contribution in [3.63, 3.8) is 0 Å². The first-order chi connectivity index (χ1) is 19.7. The van der Waals surface area contributed by atoms with Crippen molar-refractivity contribution < 1.29 is 32.2 Å². The van der Waals surface area contributed by atoms with Crippen molar-refractivity contribution in [1.82, 2.24) is 0 Å². The summed E-state index contributed by atoms with van der Waals surface area (Å²) < 4.78 is 50.6. The van der Waals surface area contributed by atoms with Gasteiger partial charge in [0.25, 0.3) is 5.91 Å². The van der Waals surface area contributed by atoms with E-state index in [0.29, 0.717) is 22.0 Å². The van der Waals surface area contributed by atoms with Crippen LogP contribution in [0, 0.1) is 0 Å². The summed E-state index contributed by atoms with van der Waals surface area (Å²) in [5.41, 5.74) is 7.75. The first-order valence-electron chi connectivity index (χ1n) is 12.8. The monoisotopic (exact) mass is 621 g/mol. The summed E-state index contributed by atoms with van der Waals surface area (Å²) in [6.07, 6.45) is -3.86. The zero-order valence-electron chi connectivity index (χ0n) is 22.8. The van der Waals surface area contributed by atoms with Crippen molar-refractivity contribution in [2.45, 2.75) is 43.8 Å². The van der Waals surface area contributed by atoms with Crippen molar-refractivity contribution in [2.75, 3.05) is 17.3 Å². The maximum absolute atomic E-state index is 13.2. The van der Waals surface area contributed by atoms with Crippen LogP contribution in [0.2, 0.25) is 5.02 Å². The number of halogens is 5. The van der Waals surface area contributed by atoms with E-state index in [1.54, 1.807) is 49.4 Å². The van der Waals surface area contributed by atoms with Gasteiger partial charge in [-0.2, -0.15) is 13.2 Å². The number of anilines is 2. The van der Waals surface area contributed by atoms with Crippen LogP contribution in [-0.4, -0.2) is 30.0 Å². The molecule has 0 aliphatic carbocycles. The Kier molecular flexibility index (Phi) is 9.10. The Morgan fingerprint density at radius 3 is 2.52 bits per heavy atom. The molecule has 3 atom stereocenters. The first-order valence-corrected chi connectivity index (χ1v) is 13.5. The maximum Gasteiger partial charge on any atom is 0.416 e. The topological polar surface area (TPSA) is 93.9 Å². The van der Waals surface area contributed by atoms with Crippen molar-refractivity contribution in [2.24, 2.45) is 5.73 Å². The van der Waals surface area contributed by atoms with E-state index in [4.69, 9.17) is 38.4 Å². The molecule has 222 valence electrons. The third kappa shape index (κ3) is 7.00. The molecule has 0 saturated carbocycles. The minimum atomic E-state index is -4.56. The molecule has 0 fully saturated rings. The second kappa shape index (κ2) is 12.2. The molecule has 3 unspecified atom stereocenters. The molecule has 3 N–H and O–H groups in total. The van der Waals surface area contributed by atoms with E-state index in [1.165, 1.54) is 31.0 Å². The predicted octanol–water partition coefficient (Wildman–Crippen LogP) is 6.89. The number of fused-ring (bicyclic) bond motifs is 1. The number of carbonyl (C=O) groups is 2. The van der Waals surface area contributed by atoms with Crippen molar-refractivity contribution in [3.8, 4) is 0 Å². The molecular weight excluding hydrogens is 594 g/mol. The Morgan fingerprint density at radius 2 is 1.81 bits per heavy atom.